The molecule has 1 atom stereocenters. The minimum atomic E-state index is -1.23. The zero-order valence-corrected chi connectivity index (χ0v) is 23.8. The molecule has 1 aromatic carbocycles. The Labute approximate surface area is 231 Å². The Morgan fingerprint density at radius 2 is 1.85 bits per heavy atom. The van der Waals surface area contributed by atoms with E-state index in [1.165, 1.54) is 5.56 Å². The fourth-order valence-corrected chi connectivity index (χ4v) is 6.44. The number of hydrogen-bond donors (Lipinski definition) is 2. The zero-order chi connectivity index (χ0) is 27.8. The molecule has 2 aliphatic rings. The van der Waals surface area contributed by atoms with Crippen LogP contribution in [0, 0.1) is 5.41 Å². The number of aromatic nitrogens is 3. The van der Waals surface area contributed by atoms with Crippen LogP contribution in [0.1, 0.15) is 94.2 Å². The van der Waals surface area contributed by atoms with Gasteiger partial charge in [0.15, 0.2) is 0 Å². The predicted octanol–water partition coefficient (Wildman–Crippen LogP) is 5.00. The number of aliphatic hydroxyl groups is 1. The number of carbonyl (C=O) groups is 1. The standard InChI is InChI=1S/C31H41N5O3/c1-6-27(37)33-26-13-9-22(10-14-26)29-34-28(35-39-29)23-15-25(17-32-16-23)31(38,30(4)18-36(5)19-30)24-11-7-21(8-12-24)20(2)3/h7-8,11-12,15-17,20,22,26,38H,6,9-10,13-14,18-19H2,1-5H3,(H,33,37)/t22-,26+,31-/m0/s1. The van der Waals surface area contributed by atoms with Crippen LogP contribution in [0.3, 0.4) is 0 Å². The summed E-state index contributed by atoms with van der Waals surface area (Å²) in [5.74, 6) is 1.80. The van der Waals surface area contributed by atoms with Gasteiger partial charge in [-0.05, 0) is 55.8 Å². The molecule has 1 saturated heterocycles. The number of nitrogens with zero attached hydrogens (tertiary/aromatic N) is 4. The lowest BCUT2D eigenvalue weighted by Gasteiger charge is -2.55. The molecule has 0 radical (unpaired) electrons. The van der Waals surface area contributed by atoms with E-state index in [0.717, 1.165) is 55.5 Å². The van der Waals surface area contributed by atoms with Gasteiger partial charge in [-0.1, -0.05) is 57.1 Å². The Bertz CT molecular complexity index is 1290. The molecule has 0 unspecified atom stereocenters. The first-order valence-electron chi connectivity index (χ1n) is 14.2. The summed E-state index contributed by atoms with van der Waals surface area (Å²) >= 11 is 0. The van der Waals surface area contributed by atoms with Crippen molar-refractivity contribution in [2.24, 2.45) is 5.41 Å². The predicted molar refractivity (Wildman–Crippen MR) is 150 cm³/mol. The summed E-state index contributed by atoms with van der Waals surface area (Å²) in [4.78, 5) is 23.2. The minimum absolute atomic E-state index is 0.101. The Hall–Kier alpha value is -3.10. The number of benzene rings is 1. The Kier molecular flexibility index (Phi) is 7.62. The van der Waals surface area contributed by atoms with Crippen LogP contribution in [0.2, 0.25) is 0 Å². The van der Waals surface area contributed by atoms with Crippen LogP contribution in [0.5, 0.6) is 0 Å². The van der Waals surface area contributed by atoms with Crippen LogP contribution in [0.4, 0.5) is 0 Å². The van der Waals surface area contributed by atoms with Crippen molar-refractivity contribution in [3.63, 3.8) is 0 Å². The van der Waals surface area contributed by atoms with Gasteiger partial charge in [0, 0.05) is 60.4 Å². The van der Waals surface area contributed by atoms with Crippen LogP contribution in [0.15, 0.2) is 47.2 Å². The molecule has 8 heteroatoms. The van der Waals surface area contributed by atoms with Crippen molar-refractivity contribution in [2.75, 3.05) is 20.1 Å². The van der Waals surface area contributed by atoms with Gasteiger partial charge in [0.25, 0.3) is 0 Å². The molecule has 0 bridgehead atoms. The van der Waals surface area contributed by atoms with E-state index in [9.17, 15) is 9.90 Å². The first-order chi connectivity index (χ1) is 18.6. The maximum atomic E-state index is 12.5. The number of pyridine rings is 1. The molecule has 1 aliphatic heterocycles. The van der Waals surface area contributed by atoms with E-state index in [1.54, 1.807) is 12.4 Å². The molecule has 208 valence electrons. The Balaban J connectivity index is 1.40. The van der Waals surface area contributed by atoms with Crippen LogP contribution in [0.25, 0.3) is 11.4 Å². The van der Waals surface area contributed by atoms with Crippen LogP contribution < -0.4 is 5.32 Å². The van der Waals surface area contributed by atoms with E-state index in [4.69, 9.17) is 9.51 Å². The summed E-state index contributed by atoms with van der Waals surface area (Å²) in [6.45, 7) is 9.90. The molecule has 2 N–H and O–H groups in total. The van der Waals surface area contributed by atoms with E-state index in [-0.39, 0.29) is 23.3 Å². The van der Waals surface area contributed by atoms with Crippen molar-refractivity contribution in [2.45, 2.75) is 83.3 Å². The molecular formula is C31H41N5O3. The normalized spacial score (nSPS) is 22.7. The number of rotatable bonds is 8. The largest absolute Gasteiger partial charge is 0.380 e. The topological polar surface area (TPSA) is 104 Å². The molecular weight excluding hydrogens is 490 g/mol. The van der Waals surface area contributed by atoms with Gasteiger partial charge in [0.05, 0.1) is 0 Å². The molecule has 3 heterocycles. The van der Waals surface area contributed by atoms with Crippen molar-refractivity contribution in [3.8, 4) is 11.4 Å². The fraction of sp³-hybridized carbons (Fsp3) is 0.548. The summed E-state index contributed by atoms with van der Waals surface area (Å²) < 4.78 is 5.71. The number of likely N-dealkylation sites (tertiary alicyclic amines) is 1. The van der Waals surface area contributed by atoms with Crippen LogP contribution in [-0.2, 0) is 10.4 Å². The van der Waals surface area contributed by atoms with Gasteiger partial charge >= 0.3 is 0 Å². The van der Waals surface area contributed by atoms with Gasteiger partial charge in [0.2, 0.25) is 17.6 Å². The monoisotopic (exact) mass is 531 g/mol. The van der Waals surface area contributed by atoms with Crippen LogP contribution >= 0.6 is 0 Å². The van der Waals surface area contributed by atoms with Gasteiger partial charge in [0.1, 0.15) is 5.60 Å². The smallest absolute Gasteiger partial charge is 0.230 e. The van der Waals surface area contributed by atoms with Crippen molar-refractivity contribution < 1.29 is 14.4 Å². The van der Waals surface area contributed by atoms with Gasteiger partial charge in [-0.2, -0.15) is 4.98 Å². The summed E-state index contributed by atoms with van der Waals surface area (Å²) in [7, 11) is 2.07. The van der Waals surface area contributed by atoms with Crippen molar-refractivity contribution in [1.82, 2.24) is 25.3 Å². The lowest BCUT2D eigenvalue weighted by Crippen LogP contribution is -2.63. The number of nitrogens with one attached hydrogen (secondary N) is 1. The molecule has 0 spiro atoms. The molecule has 2 aromatic heterocycles. The molecule has 1 aliphatic carbocycles. The molecule has 5 rings (SSSR count). The highest BCUT2D eigenvalue weighted by Crippen LogP contribution is 2.50. The van der Waals surface area contributed by atoms with Crippen molar-refractivity contribution in [1.29, 1.82) is 0 Å². The average Bonchev–Trinajstić information content (AvgIpc) is 3.43. The van der Waals surface area contributed by atoms with E-state index in [1.807, 2.05) is 13.0 Å². The third kappa shape index (κ3) is 5.24. The second-order valence-corrected chi connectivity index (χ2v) is 12.1. The van der Waals surface area contributed by atoms with E-state index in [2.05, 4.69) is 72.4 Å². The quantitative estimate of drug-likeness (QED) is 0.422. The van der Waals surface area contributed by atoms with Gasteiger partial charge in [-0.15, -0.1) is 0 Å². The first kappa shape index (κ1) is 27.5. The third-order valence-corrected chi connectivity index (χ3v) is 8.72. The lowest BCUT2D eigenvalue weighted by molar-refractivity contribution is -0.127. The van der Waals surface area contributed by atoms with E-state index < -0.39 is 5.60 Å². The zero-order valence-electron chi connectivity index (χ0n) is 23.8. The maximum absolute atomic E-state index is 12.5. The van der Waals surface area contributed by atoms with Gasteiger partial charge < -0.3 is 19.8 Å². The second-order valence-electron chi connectivity index (χ2n) is 12.1. The molecule has 8 nitrogen and oxygen atoms in total. The summed E-state index contributed by atoms with van der Waals surface area (Å²) in [6, 6.07) is 10.5. The molecule has 2 fully saturated rings. The SMILES string of the molecule is CCC(=O)N[C@H]1CC[C@@H](c2nc(-c3cncc([C@@](O)(c4ccc(C(C)C)cc4)C4(C)CN(C)C4)c3)no2)CC1. The summed E-state index contributed by atoms with van der Waals surface area (Å²) in [6.07, 6.45) is 7.60. The number of carbonyl (C=O) groups excluding carboxylic acids is 1. The maximum Gasteiger partial charge on any atom is 0.230 e. The average molecular weight is 532 g/mol. The summed E-state index contributed by atoms with van der Waals surface area (Å²) in [5.41, 5.74) is 1.94. The lowest BCUT2D eigenvalue weighted by atomic mass is 9.62. The minimum Gasteiger partial charge on any atom is -0.380 e. The highest BCUT2D eigenvalue weighted by atomic mass is 16.5. The van der Waals surface area contributed by atoms with Crippen molar-refractivity contribution >= 4 is 5.91 Å². The Morgan fingerprint density at radius 3 is 2.46 bits per heavy atom. The highest BCUT2D eigenvalue weighted by Gasteiger charge is 2.55. The van der Waals surface area contributed by atoms with E-state index in [0.29, 0.717) is 24.1 Å². The van der Waals surface area contributed by atoms with Gasteiger partial charge in [-0.3, -0.25) is 9.78 Å². The second kappa shape index (κ2) is 10.8. The molecule has 39 heavy (non-hydrogen) atoms. The highest BCUT2D eigenvalue weighted by molar-refractivity contribution is 5.75. The Morgan fingerprint density at radius 1 is 1.15 bits per heavy atom. The molecule has 1 saturated carbocycles. The number of hydrogen-bond acceptors (Lipinski definition) is 7. The summed E-state index contributed by atoms with van der Waals surface area (Å²) in [5, 5.41) is 19.9. The fourth-order valence-electron chi connectivity index (χ4n) is 6.44. The van der Waals surface area contributed by atoms with Crippen LogP contribution in [-0.4, -0.2) is 57.2 Å². The first-order valence-corrected chi connectivity index (χ1v) is 14.2. The molecule has 1 amide bonds. The van der Waals surface area contributed by atoms with Crippen molar-refractivity contribution in [3.05, 3.63) is 65.3 Å². The molecule has 3 aromatic rings. The number of amides is 1. The van der Waals surface area contributed by atoms with E-state index >= 15 is 0 Å². The van der Waals surface area contributed by atoms with Gasteiger partial charge in [-0.25, -0.2) is 0 Å². The third-order valence-electron chi connectivity index (χ3n) is 8.72.